The van der Waals surface area contributed by atoms with E-state index in [0.29, 0.717) is 6.42 Å². The van der Waals surface area contributed by atoms with Crippen molar-refractivity contribution < 1.29 is 79.4 Å². The van der Waals surface area contributed by atoms with E-state index in [1.54, 1.807) is 41.5 Å². The van der Waals surface area contributed by atoms with Crippen LogP contribution in [0.5, 0.6) is 0 Å². The van der Waals surface area contributed by atoms with Crippen molar-refractivity contribution in [3.8, 4) is 24.7 Å². The van der Waals surface area contributed by atoms with Crippen molar-refractivity contribution in [3.05, 3.63) is 66.2 Å². The second kappa shape index (κ2) is 24.8. The van der Waals surface area contributed by atoms with Gasteiger partial charge in [0.15, 0.2) is 24.2 Å². The van der Waals surface area contributed by atoms with E-state index in [1.807, 2.05) is 11.9 Å². The summed E-state index contributed by atoms with van der Waals surface area (Å²) >= 11 is 0. The van der Waals surface area contributed by atoms with Gasteiger partial charge in [0.05, 0.1) is 50.5 Å². The van der Waals surface area contributed by atoms with Crippen molar-refractivity contribution >= 4 is 33.6 Å². The van der Waals surface area contributed by atoms with Crippen molar-refractivity contribution in [2.24, 2.45) is 11.8 Å². The number of unbranched alkanes of at least 4 members (excludes halogenated alkanes) is 3. The molecule has 398 valence electrons. The topological polar surface area (TPSA) is 317 Å². The zero-order valence-electron chi connectivity index (χ0n) is 40.9. The van der Waals surface area contributed by atoms with E-state index < -0.39 is 116 Å². The van der Waals surface area contributed by atoms with Gasteiger partial charge in [-0.2, -0.15) is 0 Å². The molecule has 12 atom stereocenters. The normalized spacial score (nSPS) is 30.4. The molecule has 0 radical (unpaired) electrons. The number of hydrogen-bond acceptors (Lipinski definition) is 21. The van der Waals surface area contributed by atoms with Gasteiger partial charge in [0, 0.05) is 30.9 Å². The zero-order chi connectivity index (χ0) is 53.2. The Kier molecular flexibility index (Phi) is 19.9. The van der Waals surface area contributed by atoms with Crippen LogP contribution in [0.4, 0.5) is 0 Å². The lowest BCUT2D eigenvalue weighted by molar-refractivity contribution is -0.170. The molecule has 25 nitrogen and oxygen atoms in total. The number of carbonyl (C=O) groups excluding carboxylic acids is 3. The molecule has 2 aromatic heterocycles. The molecule has 4 saturated heterocycles. The first kappa shape index (κ1) is 57.9. The summed E-state index contributed by atoms with van der Waals surface area (Å²) in [6, 6.07) is 2.14. The molecule has 3 N–H and O–H groups in total. The minimum absolute atomic E-state index is 0.0447. The summed E-state index contributed by atoms with van der Waals surface area (Å²) in [6.07, 6.45) is 9.26. The van der Waals surface area contributed by atoms with E-state index in [-0.39, 0.29) is 57.9 Å². The molecule has 0 amide bonds. The third kappa shape index (κ3) is 14.0. The Hall–Kier alpha value is -5.01. The molecule has 4 aliphatic heterocycles. The van der Waals surface area contributed by atoms with Crippen LogP contribution in [0.15, 0.2) is 43.7 Å². The molecule has 0 aliphatic carbocycles. The third-order valence-electron chi connectivity index (χ3n) is 11.5. The minimum Gasteiger partial charge on any atom is -0.463 e. The predicted molar refractivity (Wildman–Crippen MR) is 249 cm³/mol. The quantitative estimate of drug-likeness (QED) is 0.0564. The van der Waals surface area contributed by atoms with Crippen molar-refractivity contribution in [1.29, 1.82) is 0 Å². The first-order valence-electron chi connectivity index (χ1n) is 23.3. The van der Waals surface area contributed by atoms with Gasteiger partial charge < -0.3 is 28.8 Å². The molecule has 6 rings (SSSR count). The number of hydrogen-bond donors (Lipinski definition) is 3. The highest BCUT2D eigenvalue weighted by atomic mass is 31.2. The van der Waals surface area contributed by atoms with E-state index in [9.17, 15) is 47.8 Å². The number of nitrogens with one attached hydrogen (secondary N) is 2. The monoisotopic (exact) mass is 1060 g/mol. The molecule has 0 spiro atoms. The second-order valence-corrected chi connectivity index (χ2v) is 21.1. The van der Waals surface area contributed by atoms with Gasteiger partial charge in [0.2, 0.25) is 5.60 Å². The zero-order valence-corrected chi connectivity index (χ0v) is 42.7. The molecular weight excluding hydrogens is 994 g/mol. The van der Waals surface area contributed by atoms with Crippen molar-refractivity contribution in [1.82, 2.24) is 19.1 Å². The van der Waals surface area contributed by atoms with E-state index in [0.717, 1.165) is 52.9 Å². The number of carbonyl (C=O) groups is 3. The number of rotatable bonds is 20. The summed E-state index contributed by atoms with van der Waals surface area (Å²) in [5, 5.41) is 11.1. The van der Waals surface area contributed by atoms with Crippen LogP contribution < -0.4 is 22.5 Å². The van der Waals surface area contributed by atoms with Crippen LogP contribution in [-0.4, -0.2) is 116 Å². The average Bonchev–Trinajstić information content (AvgIpc) is 3.77. The number of aromatic amines is 2. The molecule has 2 aromatic rings. The van der Waals surface area contributed by atoms with E-state index in [2.05, 4.69) is 16.8 Å². The van der Waals surface area contributed by atoms with Gasteiger partial charge in [-0.3, -0.25) is 70.2 Å². The van der Waals surface area contributed by atoms with E-state index in [1.165, 1.54) is 0 Å². The Morgan fingerprint density at radius 1 is 0.750 bits per heavy atom. The first-order valence-corrected chi connectivity index (χ1v) is 26.2. The van der Waals surface area contributed by atoms with Gasteiger partial charge in [-0.1, -0.05) is 51.9 Å². The fraction of sp³-hybridized carbons (Fsp3) is 0.667. The Morgan fingerprint density at radius 3 is 1.68 bits per heavy atom. The summed E-state index contributed by atoms with van der Waals surface area (Å²) in [4.78, 5) is 88.8. The molecule has 0 saturated carbocycles. The number of aliphatic hydroxyl groups is 1. The van der Waals surface area contributed by atoms with Gasteiger partial charge in [-0.15, -0.1) is 12.8 Å². The minimum atomic E-state index is -4.27. The van der Waals surface area contributed by atoms with E-state index in [4.69, 9.17) is 63.7 Å². The molecule has 6 heterocycles. The number of fused-ring (bicyclic) bond motifs is 2. The Balaban J connectivity index is 0.000000274. The van der Waals surface area contributed by atoms with Crippen LogP contribution >= 0.6 is 15.6 Å². The number of terminal acetylenes is 2. The maximum atomic E-state index is 13.4. The van der Waals surface area contributed by atoms with E-state index >= 15 is 0 Å². The van der Waals surface area contributed by atoms with Crippen molar-refractivity contribution in [2.75, 3.05) is 26.4 Å². The molecule has 4 aliphatic rings. The number of phosphoric acid groups is 2. The SMILES string of the molecule is C#C[C@@]1(O)[C@@H]2O[P@@](=O)(OCC[C@@H](C)C(=O)OC(C)C)OC[C@H]2O[C@H]1n1ccc(=O)[nH]c1=O.C#C[C@@]1(OC(=O)CCCCCC)[C@@H]2O[P@@](=O)(OCC[C@@H](C)C(=O)OC(C)C)OC[C@H]2O[C@H]1n1ccc(=O)[nH]c1=O. The fourth-order valence-electron chi connectivity index (χ4n) is 7.64. The number of aromatic nitrogens is 4. The molecular formula is C45H62N4O21P2. The number of nitrogens with zero attached hydrogens (tertiary/aromatic N) is 2. The summed E-state index contributed by atoms with van der Waals surface area (Å²) in [5.74, 6) is 1.96. The lowest BCUT2D eigenvalue weighted by Gasteiger charge is -2.37. The van der Waals surface area contributed by atoms with Gasteiger partial charge in [0.1, 0.15) is 18.3 Å². The van der Waals surface area contributed by atoms with Crippen LogP contribution in [0.2, 0.25) is 0 Å². The average molecular weight is 1060 g/mol. The number of H-pyrrole nitrogens is 2. The molecule has 72 heavy (non-hydrogen) atoms. The number of esters is 3. The second-order valence-electron chi connectivity index (χ2n) is 17.8. The highest BCUT2D eigenvalue weighted by molar-refractivity contribution is 7.48. The Morgan fingerprint density at radius 2 is 1.22 bits per heavy atom. The molecule has 4 fully saturated rings. The standard InChI is InChI=1S/C26H37N2O11P.C19H25N2O10P/c1-6-8-9-10-11-21(30)38-26(7-2)22-19(37-24(26)28-14-12-20(29)27-25(28)32)16-35-40(33,39-22)34-15-13-18(5)23(31)36-17(3)4;1-5-19(25)15-13(30-17(19)21-8-6-14(22)20-18(21)24)10-28-32(26,31-15)27-9-7-12(4)16(23)29-11(2)3/h2,12,14,17-19,22,24H,6,8-11,13,15-16H2,1,3-5H3,(H,27,29,32);1,6,8,11-13,15,17,25H,7,9-10H2,2-4H3,(H,20,22,24)/t18-,19-,22-,24-,26-,40+;12-,13-,15-,17-,19-,32+/m11/s1. The van der Waals surface area contributed by atoms with Crippen LogP contribution in [0.25, 0.3) is 0 Å². The number of ether oxygens (including phenoxy) is 5. The maximum Gasteiger partial charge on any atom is 0.475 e. The van der Waals surface area contributed by atoms with Crippen LogP contribution in [0, 0.1) is 36.5 Å². The summed E-state index contributed by atoms with van der Waals surface area (Å²) in [7, 11) is -8.43. The van der Waals surface area contributed by atoms with Crippen molar-refractivity contribution in [3.63, 3.8) is 0 Å². The van der Waals surface area contributed by atoms with Gasteiger partial charge in [0.25, 0.3) is 11.1 Å². The van der Waals surface area contributed by atoms with Crippen LogP contribution in [0.3, 0.4) is 0 Å². The van der Waals surface area contributed by atoms with Gasteiger partial charge in [-0.25, -0.2) is 18.7 Å². The smallest absolute Gasteiger partial charge is 0.463 e. The Bertz CT molecular complexity index is 2670. The molecule has 27 heteroatoms. The summed E-state index contributed by atoms with van der Waals surface area (Å²) in [6.45, 7) is 11.3. The molecule has 0 unspecified atom stereocenters. The van der Waals surface area contributed by atoms with Gasteiger partial charge >= 0.3 is 44.9 Å². The lowest BCUT2D eigenvalue weighted by Crippen LogP contribution is -2.53. The summed E-state index contributed by atoms with van der Waals surface area (Å²) < 4.78 is 88.3. The lowest BCUT2D eigenvalue weighted by atomic mass is 9.94. The first-order chi connectivity index (χ1) is 33.9. The highest BCUT2D eigenvalue weighted by Crippen LogP contribution is 2.60. The predicted octanol–water partition coefficient (Wildman–Crippen LogP) is 3.15. The Labute approximate surface area is 414 Å². The maximum absolute atomic E-state index is 13.4. The largest absolute Gasteiger partial charge is 0.475 e. The fourth-order valence-corrected chi connectivity index (χ4v) is 10.5. The molecule has 0 aromatic carbocycles. The highest BCUT2D eigenvalue weighted by Gasteiger charge is 2.66. The third-order valence-corrected chi connectivity index (χ3v) is 14.4. The molecule has 0 bridgehead atoms. The van der Waals surface area contributed by atoms with Crippen molar-refractivity contribution in [2.45, 2.75) is 154 Å². The van der Waals surface area contributed by atoms with Crippen LogP contribution in [-0.2, 0) is 74.3 Å². The van der Waals surface area contributed by atoms with Crippen LogP contribution in [0.1, 0.15) is 106 Å². The number of phosphoric ester groups is 2. The summed E-state index contributed by atoms with van der Waals surface area (Å²) in [5.41, 5.74) is -7.29. The van der Waals surface area contributed by atoms with Gasteiger partial charge in [-0.05, 0) is 47.0 Å².